The van der Waals surface area contributed by atoms with Gasteiger partial charge in [-0.15, -0.1) is 0 Å². The first-order valence-corrected chi connectivity index (χ1v) is 9.17. The highest BCUT2D eigenvalue weighted by atomic mass is 16.6. The van der Waals surface area contributed by atoms with Gasteiger partial charge in [-0.2, -0.15) is 0 Å². The van der Waals surface area contributed by atoms with Crippen LogP contribution in [0.3, 0.4) is 0 Å². The molecular weight excluding hydrogens is 288 g/mol. The van der Waals surface area contributed by atoms with Crippen LogP contribution in [0.4, 0.5) is 0 Å². The smallest absolute Gasteiger partial charge is 0.343 e. The number of ether oxygens (including phenoxy) is 1. The van der Waals surface area contributed by atoms with Crippen LogP contribution >= 0.6 is 0 Å². The fraction of sp³-hybridized carbons (Fsp3) is 0.650. The summed E-state index contributed by atoms with van der Waals surface area (Å²) in [6.07, 6.45) is 8.64. The summed E-state index contributed by atoms with van der Waals surface area (Å²) in [5.74, 6) is 0.825. The molecule has 3 aliphatic rings. The molecule has 3 aliphatic carbocycles. The van der Waals surface area contributed by atoms with Crippen molar-refractivity contribution in [3.8, 4) is 0 Å². The van der Waals surface area contributed by atoms with Gasteiger partial charge in [0.15, 0.2) is 5.60 Å². The van der Waals surface area contributed by atoms with Gasteiger partial charge in [0.05, 0.1) is 0 Å². The molecule has 2 bridgehead atoms. The third kappa shape index (κ3) is 2.59. The predicted molar refractivity (Wildman–Crippen MR) is 87.6 cm³/mol. The van der Waals surface area contributed by atoms with Gasteiger partial charge in [-0.3, -0.25) is 0 Å². The number of benzene rings is 1. The second-order valence-corrected chi connectivity index (χ2v) is 7.73. The number of aliphatic hydroxyl groups is 1. The van der Waals surface area contributed by atoms with Crippen molar-refractivity contribution in [2.24, 2.45) is 17.8 Å². The van der Waals surface area contributed by atoms with Crippen LogP contribution in [0, 0.1) is 17.8 Å². The maximum Gasteiger partial charge on any atom is 0.343 e. The van der Waals surface area contributed by atoms with E-state index in [1.807, 2.05) is 30.3 Å². The molecular formula is C20H26O3. The molecule has 1 aromatic rings. The molecule has 23 heavy (non-hydrogen) atoms. The quantitative estimate of drug-likeness (QED) is 0.860. The molecule has 0 amide bonds. The van der Waals surface area contributed by atoms with Crippen molar-refractivity contribution in [1.82, 2.24) is 0 Å². The first-order valence-electron chi connectivity index (χ1n) is 9.17. The highest BCUT2D eigenvalue weighted by Crippen LogP contribution is 2.47. The molecule has 0 aliphatic heterocycles. The van der Waals surface area contributed by atoms with Crippen molar-refractivity contribution in [3.63, 3.8) is 0 Å². The van der Waals surface area contributed by atoms with E-state index in [1.165, 1.54) is 19.3 Å². The highest BCUT2D eigenvalue weighted by molar-refractivity contribution is 5.81. The number of hydrogen-bond donors (Lipinski definition) is 1. The standard InChI is InChI=1S/C20H26O3/c21-19(23-18-13-14-10-11-15(18)12-14)20(22,17-8-4-5-9-17)16-6-2-1-3-7-16/h1-3,6-7,14-15,17-18,22H,4-5,8-13H2/t14?,15?,18-,20-/m1/s1. The van der Waals surface area contributed by atoms with Gasteiger partial charge >= 0.3 is 5.97 Å². The SMILES string of the molecule is O=C(O[C@@H]1CC2CCC1C2)[C@@](O)(c1ccccc1)C1CCCC1. The Bertz CT molecular complexity index is 564. The number of carbonyl (C=O) groups excluding carboxylic acids is 1. The number of rotatable bonds is 4. The molecule has 1 aromatic carbocycles. The van der Waals surface area contributed by atoms with E-state index >= 15 is 0 Å². The normalized spacial score (nSPS) is 32.8. The fourth-order valence-electron chi connectivity index (χ4n) is 5.11. The van der Waals surface area contributed by atoms with E-state index in [1.54, 1.807) is 0 Å². The van der Waals surface area contributed by atoms with Crippen LogP contribution in [0.1, 0.15) is 56.9 Å². The Labute approximate surface area is 138 Å². The summed E-state index contributed by atoms with van der Waals surface area (Å²) in [5, 5.41) is 11.4. The van der Waals surface area contributed by atoms with E-state index in [0.29, 0.717) is 11.5 Å². The molecule has 0 aromatic heterocycles. The summed E-state index contributed by atoms with van der Waals surface area (Å²) in [7, 11) is 0. The lowest BCUT2D eigenvalue weighted by atomic mass is 9.80. The lowest BCUT2D eigenvalue weighted by Crippen LogP contribution is -2.45. The molecule has 2 unspecified atom stereocenters. The first-order chi connectivity index (χ1) is 11.2. The second-order valence-electron chi connectivity index (χ2n) is 7.73. The van der Waals surface area contributed by atoms with E-state index < -0.39 is 11.6 Å². The number of hydrogen-bond acceptors (Lipinski definition) is 3. The van der Waals surface area contributed by atoms with Gasteiger partial charge in [0, 0.05) is 5.92 Å². The summed E-state index contributed by atoms with van der Waals surface area (Å²) in [4.78, 5) is 13.0. The zero-order chi connectivity index (χ0) is 15.9. The Kier molecular flexibility index (Phi) is 3.92. The Balaban J connectivity index is 1.58. The van der Waals surface area contributed by atoms with Gasteiger partial charge < -0.3 is 9.84 Å². The van der Waals surface area contributed by atoms with Gasteiger partial charge in [0.2, 0.25) is 0 Å². The van der Waals surface area contributed by atoms with Crippen LogP contribution in [-0.2, 0) is 15.1 Å². The van der Waals surface area contributed by atoms with Crippen LogP contribution in [0.25, 0.3) is 0 Å². The maximum absolute atomic E-state index is 13.0. The van der Waals surface area contributed by atoms with Gasteiger partial charge in [-0.05, 0) is 55.9 Å². The van der Waals surface area contributed by atoms with Crippen molar-refractivity contribution >= 4 is 5.97 Å². The van der Waals surface area contributed by atoms with E-state index in [-0.39, 0.29) is 12.0 Å². The summed E-state index contributed by atoms with van der Waals surface area (Å²) in [6.45, 7) is 0. The summed E-state index contributed by atoms with van der Waals surface area (Å²) < 4.78 is 5.89. The minimum absolute atomic E-state index is 0.0176. The Morgan fingerprint density at radius 2 is 1.78 bits per heavy atom. The molecule has 0 heterocycles. The molecule has 3 heteroatoms. The summed E-state index contributed by atoms with van der Waals surface area (Å²) >= 11 is 0. The van der Waals surface area contributed by atoms with Crippen LogP contribution in [0.2, 0.25) is 0 Å². The van der Waals surface area contributed by atoms with Crippen LogP contribution in [-0.4, -0.2) is 17.2 Å². The van der Waals surface area contributed by atoms with Crippen molar-refractivity contribution in [1.29, 1.82) is 0 Å². The van der Waals surface area contributed by atoms with E-state index in [0.717, 1.165) is 38.0 Å². The van der Waals surface area contributed by atoms with Crippen molar-refractivity contribution < 1.29 is 14.6 Å². The fourth-order valence-corrected chi connectivity index (χ4v) is 5.11. The lowest BCUT2D eigenvalue weighted by molar-refractivity contribution is -0.181. The van der Waals surface area contributed by atoms with E-state index in [4.69, 9.17) is 4.74 Å². The average molecular weight is 314 g/mol. The number of carbonyl (C=O) groups is 1. The molecule has 4 rings (SSSR count). The zero-order valence-electron chi connectivity index (χ0n) is 13.6. The van der Waals surface area contributed by atoms with Crippen molar-refractivity contribution in [3.05, 3.63) is 35.9 Å². The van der Waals surface area contributed by atoms with Crippen molar-refractivity contribution in [2.45, 2.75) is 63.1 Å². The topological polar surface area (TPSA) is 46.5 Å². The van der Waals surface area contributed by atoms with Crippen molar-refractivity contribution in [2.75, 3.05) is 0 Å². The van der Waals surface area contributed by atoms with Gasteiger partial charge in [0.1, 0.15) is 6.10 Å². The molecule has 0 radical (unpaired) electrons. The average Bonchev–Trinajstić information content (AvgIpc) is 3.32. The monoisotopic (exact) mass is 314 g/mol. The highest BCUT2D eigenvalue weighted by Gasteiger charge is 2.50. The minimum atomic E-state index is -1.47. The predicted octanol–water partition coefficient (Wildman–Crippen LogP) is 3.80. The third-order valence-electron chi connectivity index (χ3n) is 6.40. The number of fused-ring (bicyclic) bond motifs is 2. The molecule has 3 saturated carbocycles. The Morgan fingerprint density at radius 3 is 2.39 bits per heavy atom. The van der Waals surface area contributed by atoms with Crippen LogP contribution in [0.5, 0.6) is 0 Å². The number of esters is 1. The molecule has 4 atom stereocenters. The largest absolute Gasteiger partial charge is 0.460 e. The van der Waals surface area contributed by atoms with E-state index in [9.17, 15) is 9.90 Å². The molecule has 3 nitrogen and oxygen atoms in total. The first kappa shape index (κ1) is 15.2. The zero-order valence-corrected chi connectivity index (χ0v) is 13.6. The summed E-state index contributed by atoms with van der Waals surface area (Å²) in [5.41, 5.74) is -0.778. The van der Waals surface area contributed by atoms with Crippen LogP contribution < -0.4 is 0 Å². The molecule has 0 spiro atoms. The van der Waals surface area contributed by atoms with Gasteiger partial charge in [0.25, 0.3) is 0 Å². The maximum atomic E-state index is 13.0. The molecule has 124 valence electrons. The molecule has 0 saturated heterocycles. The van der Waals surface area contributed by atoms with Gasteiger partial charge in [-0.1, -0.05) is 43.2 Å². The summed E-state index contributed by atoms with van der Waals surface area (Å²) in [6, 6.07) is 9.42. The minimum Gasteiger partial charge on any atom is -0.460 e. The van der Waals surface area contributed by atoms with Crippen LogP contribution in [0.15, 0.2) is 30.3 Å². The third-order valence-corrected chi connectivity index (χ3v) is 6.40. The molecule has 1 N–H and O–H groups in total. The molecule has 3 fully saturated rings. The van der Waals surface area contributed by atoms with E-state index in [2.05, 4.69) is 0 Å². The Hall–Kier alpha value is -1.35. The second kappa shape index (κ2) is 5.94. The Morgan fingerprint density at radius 1 is 1.04 bits per heavy atom. The lowest BCUT2D eigenvalue weighted by Gasteiger charge is -2.34. The van der Waals surface area contributed by atoms with Gasteiger partial charge in [-0.25, -0.2) is 4.79 Å².